The van der Waals surface area contributed by atoms with Crippen molar-refractivity contribution in [2.24, 2.45) is 5.41 Å². The number of rotatable bonds is 4. The van der Waals surface area contributed by atoms with Gasteiger partial charge in [-0.15, -0.1) is 5.10 Å². The molecule has 0 aliphatic heterocycles. The molecule has 6 nitrogen and oxygen atoms in total. The van der Waals surface area contributed by atoms with Crippen LogP contribution in [0.5, 0.6) is 0 Å². The molecule has 0 saturated heterocycles. The Morgan fingerprint density at radius 3 is 2.43 bits per heavy atom. The molecule has 2 atom stereocenters. The highest BCUT2D eigenvalue weighted by Gasteiger charge is 2.65. The van der Waals surface area contributed by atoms with Crippen LogP contribution in [0.1, 0.15) is 69.1 Å². The van der Waals surface area contributed by atoms with Gasteiger partial charge in [0.05, 0.1) is 33.8 Å². The second kappa shape index (κ2) is 7.92. The van der Waals surface area contributed by atoms with Crippen LogP contribution < -0.4 is 0 Å². The zero-order valence-corrected chi connectivity index (χ0v) is 21.1. The summed E-state index contributed by atoms with van der Waals surface area (Å²) >= 11 is 0. The Morgan fingerprint density at radius 1 is 0.973 bits per heavy atom. The largest absolute Gasteiger partial charge is 0.384 e. The fourth-order valence-electron chi connectivity index (χ4n) is 6.40. The van der Waals surface area contributed by atoms with Crippen molar-refractivity contribution >= 4 is 0 Å². The molecule has 0 unspecified atom stereocenters. The Bertz CT molecular complexity index is 1530. The molecule has 37 heavy (non-hydrogen) atoms. The third-order valence-electron chi connectivity index (χ3n) is 8.34. The van der Waals surface area contributed by atoms with E-state index < -0.39 is 22.7 Å². The zero-order valence-electron chi connectivity index (χ0n) is 21.1. The zero-order chi connectivity index (χ0) is 26.2. The summed E-state index contributed by atoms with van der Waals surface area (Å²) in [5, 5.41) is 19.3. The van der Waals surface area contributed by atoms with Gasteiger partial charge in [0.25, 0.3) is 0 Å². The summed E-state index contributed by atoms with van der Waals surface area (Å²) in [7, 11) is 0. The highest BCUT2D eigenvalue weighted by Crippen LogP contribution is 2.69. The topological polar surface area (TPSA) is 84.7 Å². The summed E-state index contributed by atoms with van der Waals surface area (Å²) in [5.74, 6) is -0.637. The molecule has 2 aliphatic rings. The number of nitrogens with zero attached hydrogens (tertiary/aromatic N) is 5. The minimum atomic E-state index is -1.09. The molecule has 4 aromatic rings. The van der Waals surface area contributed by atoms with Gasteiger partial charge in [0, 0.05) is 18.0 Å². The SMILES string of the molecule is CC(C)(O)c1cc(-c2nccc([C@]34CC[C@@H](c5cc(-c6c(F)cccc6F)nnc53)C4(C)C)n2)ccn1. The van der Waals surface area contributed by atoms with Gasteiger partial charge in [0.2, 0.25) is 0 Å². The maximum atomic E-state index is 14.5. The molecular formula is C29H27F2N5O. The molecule has 0 amide bonds. The Morgan fingerprint density at radius 2 is 1.70 bits per heavy atom. The van der Waals surface area contributed by atoms with Crippen LogP contribution in [0.25, 0.3) is 22.6 Å². The van der Waals surface area contributed by atoms with Crippen LogP contribution >= 0.6 is 0 Å². The average molecular weight is 500 g/mol. The van der Waals surface area contributed by atoms with E-state index in [0.717, 1.165) is 35.4 Å². The normalized spacial score (nSPS) is 21.8. The molecular weight excluding hydrogens is 472 g/mol. The molecule has 1 fully saturated rings. The first-order valence-electron chi connectivity index (χ1n) is 12.4. The van der Waals surface area contributed by atoms with Gasteiger partial charge in [0.15, 0.2) is 5.82 Å². The van der Waals surface area contributed by atoms with Gasteiger partial charge in [-0.3, -0.25) is 4.98 Å². The third kappa shape index (κ3) is 3.35. The van der Waals surface area contributed by atoms with Crippen molar-refractivity contribution in [1.29, 1.82) is 0 Å². The van der Waals surface area contributed by atoms with E-state index in [0.29, 0.717) is 11.5 Å². The van der Waals surface area contributed by atoms with E-state index in [1.165, 1.54) is 18.2 Å². The first-order chi connectivity index (χ1) is 17.5. The Kier molecular flexibility index (Phi) is 5.08. The van der Waals surface area contributed by atoms with Crippen LogP contribution in [0.4, 0.5) is 8.78 Å². The van der Waals surface area contributed by atoms with Crippen molar-refractivity contribution < 1.29 is 13.9 Å². The lowest BCUT2D eigenvalue weighted by molar-refractivity contribution is 0.0739. The first kappa shape index (κ1) is 23.7. The number of hydrogen-bond donors (Lipinski definition) is 1. The predicted octanol–water partition coefficient (Wildman–Crippen LogP) is 5.70. The average Bonchev–Trinajstić information content (AvgIpc) is 3.24. The summed E-state index contributed by atoms with van der Waals surface area (Å²) in [4.78, 5) is 13.8. The van der Waals surface area contributed by atoms with Crippen LogP contribution in [-0.2, 0) is 11.0 Å². The number of halogens is 2. The Labute approximate surface area is 213 Å². The van der Waals surface area contributed by atoms with Crippen LogP contribution in [-0.4, -0.2) is 30.3 Å². The minimum Gasteiger partial charge on any atom is -0.384 e. The second-order valence-corrected chi connectivity index (χ2v) is 11.1. The Balaban J connectivity index is 1.49. The van der Waals surface area contributed by atoms with Crippen molar-refractivity contribution in [2.45, 2.75) is 57.5 Å². The number of fused-ring (bicyclic) bond motifs is 5. The van der Waals surface area contributed by atoms with E-state index in [2.05, 4.69) is 34.0 Å². The second-order valence-electron chi connectivity index (χ2n) is 11.1. The molecule has 0 radical (unpaired) electrons. The summed E-state index contributed by atoms with van der Waals surface area (Å²) in [5.41, 5.74) is 2.09. The highest BCUT2D eigenvalue weighted by molar-refractivity contribution is 5.64. The number of hydrogen-bond acceptors (Lipinski definition) is 6. The molecule has 188 valence electrons. The molecule has 6 rings (SSSR count). The lowest BCUT2D eigenvalue weighted by atomic mass is 9.66. The molecule has 1 N–H and O–H groups in total. The standard InChI is InChI=1S/C29H27F2N5O/c1-27(2)18-8-11-29(27,25-17(18)15-21(35-36-25)24-19(30)6-5-7-20(24)31)22-10-13-33-26(34-22)16-9-12-32-23(14-16)28(3,4)37/h5-7,9-10,12-15,18,37H,8,11H2,1-4H3/t18-,29+/m0/s1. The monoisotopic (exact) mass is 499 g/mol. The van der Waals surface area contributed by atoms with E-state index in [1.54, 1.807) is 38.4 Å². The smallest absolute Gasteiger partial charge is 0.159 e. The minimum absolute atomic E-state index is 0.146. The van der Waals surface area contributed by atoms with Crippen LogP contribution in [0.3, 0.4) is 0 Å². The first-order valence-corrected chi connectivity index (χ1v) is 12.4. The molecule has 8 heteroatoms. The third-order valence-corrected chi connectivity index (χ3v) is 8.34. The lowest BCUT2D eigenvalue weighted by Crippen LogP contribution is -2.38. The van der Waals surface area contributed by atoms with Crippen LogP contribution in [0.2, 0.25) is 0 Å². The fourth-order valence-corrected chi connectivity index (χ4v) is 6.40. The molecule has 0 spiro atoms. The van der Waals surface area contributed by atoms with E-state index in [1.807, 2.05) is 12.1 Å². The number of benzene rings is 1. The van der Waals surface area contributed by atoms with Crippen molar-refractivity contribution in [1.82, 2.24) is 25.1 Å². The van der Waals surface area contributed by atoms with Gasteiger partial charge in [0.1, 0.15) is 17.2 Å². The number of aliphatic hydroxyl groups is 1. The molecule has 2 bridgehead atoms. The van der Waals surface area contributed by atoms with Gasteiger partial charge >= 0.3 is 0 Å². The molecule has 2 aliphatic carbocycles. The summed E-state index contributed by atoms with van der Waals surface area (Å²) in [6.45, 7) is 7.78. The molecule has 1 saturated carbocycles. The molecule has 1 aromatic carbocycles. The van der Waals surface area contributed by atoms with Gasteiger partial charge in [-0.25, -0.2) is 18.7 Å². The van der Waals surface area contributed by atoms with E-state index >= 15 is 0 Å². The van der Waals surface area contributed by atoms with Crippen LogP contribution in [0.15, 0.2) is 54.9 Å². The van der Waals surface area contributed by atoms with Crippen molar-refractivity contribution in [2.75, 3.05) is 0 Å². The Hall–Kier alpha value is -3.65. The van der Waals surface area contributed by atoms with Gasteiger partial charge in [-0.05, 0) is 80.0 Å². The van der Waals surface area contributed by atoms with Crippen molar-refractivity contribution in [3.63, 3.8) is 0 Å². The van der Waals surface area contributed by atoms with Crippen molar-refractivity contribution in [3.8, 4) is 22.6 Å². The van der Waals surface area contributed by atoms with Gasteiger partial charge < -0.3 is 5.11 Å². The number of aromatic nitrogens is 5. The van der Waals surface area contributed by atoms with Gasteiger partial charge in [-0.2, -0.15) is 5.10 Å². The van der Waals surface area contributed by atoms with E-state index in [4.69, 9.17) is 4.98 Å². The van der Waals surface area contributed by atoms with E-state index in [9.17, 15) is 13.9 Å². The van der Waals surface area contributed by atoms with Crippen LogP contribution in [0, 0.1) is 17.0 Å². The van der Waals surface area contributed by atoms with E-state index in [-0.39, 0.29) is 22.6 Å². The van der Waals surface area contributed by atoms with Gasteiger partial charge in [-0.1, -0.05) is 19.9 Å². The predicted molar refractivity (Wildman–Crippen MR) is 134 cm³/mol. The summed E-state index contributed by atoms with van der Waals surface area (Å²) < 4.78 is 29.1. The summed E-state index contributed by atoms with van der Waals surface area (Å²) in [6, 6.07) is 11.2. The molecule has 3 heterocycles. The number of pyridine rings is 1. The quantitative estimate of drug-likeness (QED) is 0.388. The summed E-state index contributed by atoms with van der Waals surface area (Å²) in [6.07, 6.45) is 5.13. The maximum Gasteiger partial charge on any atom is 0.159 e. The lowest BCUT2D eigenvalue weighted by Gasteiger charge is -2.37. The van der Waals surface area contributed by atoms with Crippen molar-refractivity contribution in [3.05, 3.63) is 89.1 Å². The highest BCUT2D eigenvalue weighted by atomic mass is 19.1. The fraction of sp³-hybridized carbons (Fsp3) is 0.345. The molecule has 3 aromatic heterocycles. The maximum absolute atomic E-state index is 14.5.